The molecule has 4 heteroatoms. The number of rotatable bonds is 8. The Morgan fingerprint density at radius 1 is 1.14 bits per heavy atom. The van der Waals surface area contributed by atoms with E-state index in [2.05, 4.69) is 17.6 Å². The topological polar surface area (TPSA) is 58.2 Å². The molecule has 0 fully saturated rings. The highest BCUT2D eigenvalue weighted by molar-refractivity contribution is 5.97. The first kappa shape index (κ1) is 18.2. The van der Waals surface area contributed by atoms with E-state index in [9.17, 15) is 9.59 Å². The molecule has 0 aliphatic rings. The molecule has 2 atom stereocenters. The van der Waals surface area contributed by atoms with Crippen molar-refractivity contribution in [2.24, 2.45) is 5.92 Å². The van der Waals surface area contributed by atoms with Crippen LogP contribution in [-0.4, -0.2) is 17.9 Å². The molecular formula is C18H28N2O2. The molecule has 1 rings (SSSR count). The SMILES string of the molecule is CCCCC(CC)C(=O)NC(C)C(=O)Nc1ccccc1C. The average molecular weight is 304 g/mol. The zero-order chi connectivity index (χ0) is 16.5. The van der Waals surface area contributed by atoms with E-state index in [4.69, 9.17) is 0 Å². The van der Waals surface area contributed by atoms with Crippen LogP contribution in [0.5, 0.6) is 0 Å². The van der Waals surface area contributed by atoms with Gasteiger partial charge in [0.25, 0.3) is 0 Å². The van der Waals surface area contributed by atoms with Gasteiger partial charge in [0.15, 0.2) is 0 Å². The quantitative estimate of drug-likeness (QED) is 0.770. The number of carbonyl (C=O) groups excluding carboxylic acids is 2. The van der Waals surface area contributed by atoms with Gasteiger partial charge in [0.2, 0.25) is 11.8 Å². The molecule has 4 nitrogen and oxygen atoms in total. The number of benzene rings is 1. The fourth-order valence-corrected chi connectivity index (χ4v) is 2.32. The van der Waals surface area contributed by atoms with Gasteiger partial charge in [0.05, 0.1) is 0 Å². The molecule has 0 aliphatic carbocycles. The van der Waals surface area contributed by atoms with Gasteiger partial charge >= 0.3 is 0 Å². The lowest BCUT2D eigenvalue weighted by atomic mass is 9.98. The third kappa shape index (κ3) is 5.51. The second-order valence-corrected chi connectivity index (χ2v) is 5.78. The molecule has 2 amide bonds. The van der Waals surface area contributed by atoms with Crippen LogP contribution in [0.1, 0.15) is 52.0 Å². The largest absolute Gasteiger partial charge is 0.344 e. The van der Waals surface area contributed by atoms with E-state index in [0.29, 0.717) is 0 Å². The number of unbranched alkanes of at least 4 members (excludes halogenated alkanes) is 1. The Kier molecular flexibility index (Phi) is 7.64. The van der Waals surface area contributed by atoms with Crippen LogP contribution in [0.2, 0.25) is 0 Å². The standard InChI is InChI=1S/C18H28N2O2/c1-5-7-11-15(6-2)18(22)19-14(4)17(21)20-16-12-9-8-10-13(16)3/h8-10,12,14-15H,5-7,11H2,1-4H3,(H,19,22)(H,20,21). The van der Waals surface area contributed by atoms with Crippen LogP contribution in [0.4, 0.5) is 5.69 Å². The number of hydrogen-bond acceptors (Lipinski definition) is 2. The normalized spacial score (nSPS) is 13.3. The van der Waals surface area contributed by atoms with E-state index in [-0.39, 0.29) is 17.7 Å². The third-order valence-electron chi connectivity index (χ3n) is 3.92. The molecule has 122 valence electrons. The zero-order valence-electron chi connectivity index (χ0n) is 14.1. The second-order valence-electron chi connectivity index (χ2n) is 5.78. The highest BCUT2D eigenvalue weighted by Crippen LogP contribution is 2.15. The minimum absolute atomic E-state index is 0.00587. The molecular weight excluding hydrogens is 276 g/mol. The molecule has 1 aromatic carbocycles. The fraction of sp³-hybridized carbons (Fsp3) is 0.556. The van der Waals surface area contributed by atoms with Crippen molar-refractivity contribution in [1.29, 1.82) is 0 Å². The summed E-state index contributed by atoms with van der Waals surface area (Å²) in [4.78, 5) is 24.4. The Morgan fingerprint density at radius 2 is 1.82 bits per heavy atom. The van der Waals surface area contributed by atoms with Crippen molar-refractivity contribution in [3.05, 3.63) is 29.8 Å². The van der Waals surface area contributed by atoms with Gasteiger partial charge in [-0.25, -0.2) is 0 Å². The molecule has 2 N–H and O–H groups in total. The van der Waals surface area contributed by atoms with E-state index in [1.54, 1.807) is 6.92 Å². The number of amides is 2. The summed E-state index contributed by atoms with van der Waals surface area (Å²) in [7, 11) is 0. The number of anilines is 1. The molecule has 22 heavy (non-hydrogen) atoms. The predicted octanol–water partition coefficient (Wildman–Crippen LogP) is 3.65. The summed E-state index contributed by atoms with van der Waals surface area (Å²) in [6, 6.07) is 7.07. The molecule has 0 radical (unpaired) electrons. The van der Waals surface area contributed by atoms with Crippen molar-refractivity contribution in [2.75, 3.05) is 5.32 Å². The van der Waals surface area contributed by atoms with E-state index in [1.165, 1.54) is 0 Å². The molecule has 0 aliphatic heterocycles. The lowest BCUT2D eigenvalue weighted by Gasteiger charge is -2.19. The first-order chi connectivity index (χ1) is 10.5. The highest BCUT2D eigenvalue weighted by Gasteiger charge is 2.21. The van der Waals surface area contributed by atoms with Crippen molar-refractivity contribution in [3.8, 4) is 0 Å². The number of hydrogen-bond donors (Lipinski definition) is 2. The lowest BCUT2D eigenvalue weighted by Crippen LogP contribution is -2.44. The Bertz CT molecular complexity index is 500. The first-order valence-electron chi connectivity index (χ1n) is 8.16. The molecule has 0 heterocycles. The van der Waals surface area contributed by atoms with Gasteiger partial charge in [-0.3, -0.25) is 9.59 Å². The van der Waals surface area contributed by atoms with E-state index >= 15 is 0 Å². The number of carbonyl (C=O) groups is 2. The maximum Gasteiger partial charge on any atom is 0.246 e. The number of aryl methyl sites for hydroxylation is 1. The van der Waals surface area contributed by atoms with Crippen molar-refractivity contribution < 1.29 is 9.59 Å². The summed E-state index contributed by atoms with van der Waals surface area (Å²) in [5.74, 6) is -0.218. The summed E-state index contributed by atoms with van der Waals surface area (Å²) in [5.41, 5.74) is 1.79. The summed E-state index contributed by atoms with van der Waals surface area (Å²) in [5, 5.41) is 5.69. The minimum Gasteiger partial charge on any atom is -0.344 e. The Morgan fingerprint density at radius 3 is 2.41 bits per heavy atom. The fourth-order valence-electron chi connectivity index (χ4n) is 2.32. The maximum atomic E-state index is 12.2. The van der Waals surface area contributed by atoms with Crippen LogP contribution in [0.3, 0.4) is 0 Å². The monoisotopic (exact) mass is 304 g/mol. The van der Waals surface area contributed by atoms with Gasteiger partial charge in [-0.05, 0) is 38.3 Å². The van der Waals surface area contributed by atoms with Gasteiger partial charge in [-0.2, -0.15) is 0 Å². The smallest absolute Gasteiger partial charge is 0.246 e. The van der Waals surface area contributed by atoms with E-state index in [1.807, 2.05) is 38.1 Å². The third-order valence-corrected chi connectivity index (χ3v) is 3.92. The van der Waals surface area contributed by atoms with E-state index < -0.39 is 6.04 Å². The first-order valence-corrected chi connectivity index (χ1v) is 8.16. The van der Waals surface area contributed by atoms with Gasteiger partial charge in [-0.15, -0.1) is 0 Å². The summed E-state index contributed by atoms with van der Waals surface area (Å²) in [6.45, 7) is 7.79. The average Bonchev–Trinajstić information content (AvgIpc) is 2.50. The van der Waals surface area contributed by atoms with Crippen molar-refractivity contribution in [2.45, 2.75) is 59.4 Å². The predicted molar refractivity (Wildman–Crippen MR) is 90.7 cm³/mol. The number of nitrogens with one attached hydrogen (secondary N) is 2. The Labute approximate surface area is 133 Å². The molecule has 0 saturated carbocycles. The number of para-hydroxylation sites is 1. The van der Waals surface area contributed by atoms with Crippen molar-refractivity contribution in [1.82, 2.24) is 5.32 Å². The maximum absolute atomic E-state index is 12.2. The minimum atomic E-state index is -0.539. The van der Waals surface area contributed by atoms with Gasteiger partial charge in [0, 0.05) is 11.6 Å². The van der Waals surface area contributed by atoms with Crippen LogP contribution in [-0.2, 0) is 9.59 Å². The van der Waals surface area contributed by atoms with Gasteiger partial charge < -0.3 is 10.6 Å². The van der Waals surface area contributed by atoms with Crippen LogP contribution >= 0.6 is 0 Å². The zero-order valence-corrected chi connectivity index (χ0v) is 14.1. The molecule has 0 spiro atoms. The summed E-state index contributed by atoms with van der Waals surface area (Å²) < 4.78 is 0. The van der Waals surface area contributed by atoms with Gasteiger partial charge in [-0.1, -0.05) is 44.9 Å². The van der Waals surface area contributed by atoms with Crippen LogP contribution in [0.25, 0.3) is 0 Å². The van der Waals surface area contributed by atoms with Crippen molar-refractivity contribution in [3.63, 3.8) is 0 Å². The summed E-state index contributed by atoms with van der Waals surface area (Å²) >= 11 is 0. The Hall–Kier alpha value is -1.84. The Balaban J connectivity index is 2.56. The van der Waals surface area contributed by atoms with Crippen LogP contribution < -0.4 is 10.6 Å². The van der Waals surface area contributed by atoms with Crippen LogP contribution in [0.15, 0.2) is 24.3 Å². The van der Waals surface area contributed by atoms with E-state index in [0.717, 1.165) is 36.9 Å². The molecule has 2 unspecified atom stereocenters. The summed E-state index contributed by atoms with van der Waals surface area (Å²) in [6.07, 6.45) is 3.80. The van der Waals surface area contributed by atoms with Crippen molar-refractivity contribution >= 4 is 17.5 Å². The molecule has 1 aromatic rings. The second kappa shape index (κ2) is 9.23. The molecule has 0 saturated heterocycles. The molecule has 0 aromatic heterocycles. The van der Waals surface area contributed by atoms with Gasteiger partial charge in [0.1, 0.15) is 6.04 Å². The van der Waals surface area contributed by atoms with Crippen LogP contribution in [0, 0.1) is 12.8 Å². The lowest BCUT2D eigenvalue weighted by molar-refractivity contribution is -0.129. The highest BCUT2D eigenvalue weighted by atomic mass is 16.2. The molecule has 0 bridgehead atoms.